The molecular weight excluding hydrogens is 562 g/mol. The number of carbonyl (C=O) groups excluding carboxylic acids is 3. The monoisotopic (exact) mass is 601 g/mol. The molecule has 1 aromatic rings. The van der Waals surface area contributed by atoms with E-state index < -0.39 is 47.6 Å². The minimum Gasteiger partial charge on any atom is -0.504 e. The van der Waals surface area contributed by atoms with Crippen molar-refractivity contribution in [3.05, 3.63) is 35.1 Å². The van der Waals surface area contributed by atoms with Gasteiger partial charge in [-0.1, -0.05) is 13.0 Å². The summed E-state index contributed by atoms with van der Waals surface area (Å²) < 4.78 is 16.9. The summed E-state index contributed by atoms with van der Waals surface area (Å²) in [5.74, 6) is -3.63. The van der Waals surface area contributed by atoms with Gasteiger partial charge in [0.15, 0.2) is 17.6 Å². The Morgan fingerprint density at radius 1 is 1.26 bits per heavy atom. The number of likely N-dealkylation sites (N-methyl/N-ethyl adjacent to an activating group) is 1. The molecule has 1 fully saturated rings. The second kappa shape index (κ2) is 11.8. The standard InChI is InChI=1S/C30H39N3O10/c1-16(4-3-11-31)27(37)32-12-8-22(35)42-20(28(38)39)15-23(36)41-19-7-9-30(40)21-14-17-5-6-18(34)25-24(17)29(30,26(19)43-25)10-13-33(21)2/h5-7,16,20-21,26,34,40H,3-4,8-15,31H2,1-2H3,(H,32,37)(H,38,39)/t16?,20-,21+,26-,29-,30+/m0/s1. The Bertz CT molecular complexity index is 1350. The van der Waals surface area contributed by atoms with E-state index in [0.717, 1.165) is 11.1 Å². The van der Waals surface area contributed by atoms with Crippen LogP contribution >= 0.6 is 0 Å². The number of nitrogens with zero attached hydrogens (tertiary/aromatic N) is 1. The van der Waals surface area contributed by atoms with Crippen molar-refractivity contribution in [3.63, 3.8) is 0 Å². The molecule has 2 aliphatic heterocycles. The highest BCUT2D eigenvalue weighted by Crippen LogP contribution is 2.65. The summed E-state index contributed by atoms with van der Waals surface area (Å²) in [5.41, 5.74) is 4.92. The number of carboxylic acids is 1. The van der Waals surface area contributed by atoms with E-state index in [1.165, 1.54) is 0 Å². The van der Waals surface area contributed by atoms with Gasteiger partial charge in [-0.05, 0) is 63.5 Å². The minimum atomic E-state index is -1.81. The van der Waals surface area contributed by atoms with E-state index in [1.54, 1.807) is 19.1 Å². The van der Waals surface area contributed by atoms with Gasteiger partial charge in [0.2, 0.25) is 12.0 Å². The zero-order valence-corrected chi connectivity index (χ0v) is 24.3. The number of carboxylic acid groups (broad SMARTS) is 1. The van der Waals surface area contributed by atoms with Crippen LogP contribution in [0.4, 0.5) is 0 Å². The predicted molar refractivity (Wildman–Crippen MR) is 150 cm³/mol. The van der Waals surface area contributed by atoms with Crippen LogP contribution in [0.5, 0.6) is 11.5 Å². The molecule has 6 N–H and O–H groups in total. The highest BCUT2D eigenvalue weighted by atomic mass is 16.6. The number of phenols is 1. The maximum Gasteiger partial charge on any atom is 0.345 e. The van der Waals surface area contributed by atoms with Gasteiger partial charge in [0, 0.05) is 30.5 Å². The highest BCUT2D eigenvalue weighted by molar-refractivity contribution is 5.84. The molecule has 234 valence electrons. The fraction of sp³-hybridized carbons (Fsp3) is 0.600. The molecule has 1 spiro atoms. The van der Waals surface area contributed by atoms with Crippen LogP contribution in [-0.2, 0) is 40.5 Å². The van der Waals surface area contributed by atoms with Gasteiger partial charge in [-0.3, -0.25) is 14.4 Å². The van der Waals surface area contributed by atoms with Gasteiger partial charge in [0.25, 0.3) is 0 Å². The van der Waals surface area contributed by atoms with Crippen LogP contribution in [0.3, 0.4) is 0 Å². The first-order chi connectivity index (χ1) is 20.4. The number of hydrogen-bond acceptors (Lipinski definition) is 11. The SMILES string of the molecule is CC(CCCN)C(=O)NCCC(=O)O[C@@H](CC(=O)OC1=CC[C@@]2(O)[C@H]3Cc4ccc(O)c5c4[C@@]2(CCN3C)[C@H]1O5)C(=O)O. The second-order valence-electron chi connectivity index (χ2n) is 12.0. The van der Waals surface area contributed by atoms with Crippen molar-refractivity contribution in [3.8, 4) is 11.5 Å². The molecule has 6 atom stereocenters. The number of phenolic OH excluding ortho intramolecular Hbond substituents is 1. The molecule has 2 aliphatic carbocycles. The summed E-state index contributed by atoms with van der Waals surface area (Å²) in [7, 11) is 1.96. The Hall–Kier alpha value is -3.68. The maximum absolute atomic E-state index is 13.0. The lowest BCUT2D eigenvalue weighted by Crippen LogP contribution is -2.74. The Balaban J connectivity index is 1.24. The van der Waals surface area contributed by atoms with Crippen LogP contribution in [0.15, 0.2) is 24.0 Å². The number of hydrogen-bond donors (Lipinski definition) is 5. The summed E-state index contributed by atoms with van der Waals surface area (Å²) in [4.78, 5) is 51.4. The van der Waals surface area contributed by atoms with E-state index in [1.807, 2.05) is 13.1 Å². The number of aromatic hydroxyl groups is 1. The second-order valence-corrected chi connectivity index (χ2v) is 12.0. The van der Waals surface area contributed by atoms with Crippen molar-refractivity contribution in [2.75, 3.05) is 26.7 Å². The van der Waals surface area contributed by atoms with Crippen molar-refractivity contribution >= 4 is 23.8 Å². The van der Waals surface area contributed by atoms with Gasteiger partial charge >= 0.3 is 17.9 Å². The number of nitrogens with two attached hydrogens (primary N) is 1. The first-order valence-corrected chi connectivity index (χ1v) is 14.7. The van der Waals surface area contributed by atoms with E-state index in [-0.39, 0.29) is 54.5 Å². The molecule has 1 unspecified atom stereocenters. The number of piperidine rings is 1. The van der Waals surface area contributed by atoms with E-state index in [0.29, 0.717) is 38.8 Å². The Morgan fingerprint density at radius 2 is 2.02 bits per heavy atom. The molecule has 1 aromatic carbocycles. The number of aliphatic hydroxyl groups is 1. The maximum atomic E-state index is 13.0. The number of esters is 2. The van der Waals surface area contributed by atoms with Crippen molar-refractivity contribution in [2.24, 2.45) is 11.7 Å². The molecule has 0 saturated carbocycles. The molecule has 2 heterocycles. The summed E-state index contributed by atoms with van der Waals surface area (Å²) in [6.07, 6.45) is 0.310. The Morgan fingerprint density at radius 3 is 2.74 bits per heavy atom. The van der Waals surface area contributed by atoms with Gasteiger partial charge in [0.05, 0.1) is 23.9 Å². The summed E-state index contributed by atoms with van der Waals surface area (Å²) in [6, 6.07) is 3.16. The number of benzene rings is 1. The topological polar surface area (TPSA) is 198 Å². The molecule has 4 aliphatic rings. The van der Waals surface area contributed by atoms with E-state index in [2.05, 4.69) is 10.2 Å². The number of rotatable bonds is 12. The predicted octanol–water partition coefficient (Wildman–Crippen LogP) is 0.481. The van der Waals surface area contributed by atoms with Crippen LogP contribution < -0.4 is 15.8 Å². The average molecular weight is 602 g/mol. The molecule has 13 heteroatoms. The lowest BCUT2D eigenvalue weighted by Gasteiger charge is -2.61. The summed E-state index contributed by atoms with van der Waals surface area (Å²) in [5, 5.41) is 35.0. The number of carbonyl (C=O) groups is 4. The molecule has 2 bridgehead atoms. The Kier molecular flexibility index (Phi) is 8.43. The highest BCUT2D eigenvalue weighted by Gasteiger charge is 2.72. The van der Waals surface area contributed by atoms with Crippen molar-refractivity contribution < 1.29 is 48.7 Å². The number of ether oxygens (including phenoxy) is 3. The van der Waals surface area contributed by atoms with Crippen LogP contribution in [0.2, 0.25) is 0 Å². The lowest BCUT2D eigenvalue weighted by molar-refractivity contribution is -0.173. The van der Waals surface area contributed by atoms with Crippen LogP contribution in [0.25, 0.3) is 0 Å². The van der Waals surface area contributed by atoms with Crippen LogP contribution in [0.1, 0.15) is 56.6 Å². The van der Waals surface area contributed by atoms with Gasteiger partial charge in [-0.15, -0.1) is 0 Å². The summed E-state index contributed by atoms with van der Waals surface area (Å²) in [6.45, 7) is 2.80. The molecule has 13 nitrogen and oxygen atoms in total. The first kappa shape index (κ1) is 30.8. The molecule has 0 aromatic heterocycles. The number of nitrogens with one attached hydrogen (secondary N) is 1. The van der Waals surface area contributed by atoms with Crippen LogP contribution in [0, 0.1) is 5.92 Å². The lowest BCUT2D eigenvalue weighted by atomic mass is 9.50. The van der Waals surface area contributed by atoms with Gasteiger partial charge in [0.1, 0.15) is 5.76 Å². The zero-order valence-electron chi connectivity index (χ0n) is 24.3. The van der Waals surface area contributed by atoms with E-state index in [9.17, 15) is 34.5 Å². The molecule has 43 heavy (non-hydrogen) atoms. The van der Waals surface area contributed by atoms with Gasteiger partial charge in [-0.25, -0.2) is 4.79 Å². The van der Waals surface area contributed by atoms with Gasteiger partial charge in [-0.2, -0.15) is 0 Å². The molecular formula is C30H39N3O10. The minimum absolute atomic E-state index is 0.0517. The quantitative estimate of drug-likeness (QED) is 0.208. The number of aliphatic carboxylic acids is 1. The third-order valence-corrected chi connectivity index (χ3v) is 9.40. The molecule has 5 rings (SSSR count). The number of likely N-dealkylation sites (tertiary alicyclic amines) is 1. The summed E-state index contributed by atoms with van der Waals surface area (Å²) >= 11 is 0. The normalized spacial score (nSPS) is 28.0. The fourth-order valence-electron chi connectivity index (χ4n) is 7.18. The zero-order chi connectivity index (χ0) is 31.1. The third-order valence-electron chi connectivity index (χ3n) is 9.40. The molecule has 1 saturated heterocycles. The van der Waals surface area contributed by atoms with Crippen LogP contribution in [-0.4, -0.2) is 94.6 Å². The Labute approximate surface area is 248 Å². The van der Waals surface area contributed by atoms with Gasteiger partial charge < -0.3 is 45.5 Å². The number of amides is 1. The molecule has 1 amide bonds. The van der Waals surface area contributed by atoms with E-state index >= 15 is 0 Å². The third kappa shape index (κ3) is 5.23. The average Bonchev–Trinajstić information content (AvgIpc) is 3.32. The largest absolute Gasteiger partial charge is 0.504 e. The van der Waals surface area contributed by atoms with Crippen molar-refractivity contribution in [1.82, 2.24) is 10.2 Å². The smallest absolute Gasteiger partial charge is 0.345 e. The van der Waals surface area contributed by atoms with E-state index in [4.69, 9.17) is 19.9 Å². The first-order valence-electron chi connectivity index (χ1n) is 14.7. The fourth-order valence-corrected chi connectivity index (χ4v) is 7.18. The molecule has 0 radical (unpaired) electrons. The van der Waals surface area contributed by atoms with Crippen molar-refractivity contribution in [2.45, 2.75) is 81.1 Å². The van der Waals surface area contributed by atoms with Crippen molar-refractivity contribution in [1.29, 1.82) is 0 Å².